The van der Waals surface area contributed by atoms with Gasteiger partial charge >= 0.3 is 0 Å². The van der Waals surface area contributed by atoms with Crippen LogP contribution >= 0.6 is 24.0 Å². The Morgan fingerprint density at radius 3 is 2.45 bits per heavy atom. The van der Waals surface area contributed by atoms with E-state index < -0.39 is 0 Å². The minimum atomic E-state index is 0. The van der Waals surface area contributed by atoms with Crippen molar-refractivity contribution in [2.75, 3.05) is 13.6 Å². The number of guanidine groups is 1. The second-order valence-corrected chi connectivity index (χ2v) is 7.24. The Morgan fingerprint density at radius 1 is 1.17 bits per heavy atom. The number of aromatic nitrogens is 2. The quantitative estimate of drug-likeness (QED) is 0.356. The molecule has 0 aliphatic carbocycles. The highest BCUT2D eigenvalue weighted by Crippen LogP contribution is 2.17. The van der Waals surface area contributed by atoms with Gasteiger partial charge in [0.05, 0.1) is 5.69 Å². The summed E-state index contributed by atoms with van der Waals surface area (Å²) in [6.45, 7) is 6.96. The first-order chi connectivity index (χ1) is 13.5. The highest BCUT2D eigenvalue weighted by atomic mass is 127. The molecule has 1 aliphatic rings. The van der Waals surface area contributed by atoms with Crippen LogP contribution in [0.15, 0.2) is 29.3 Å². The molecule has 0 unspecified atom stereocenters. The molecule has 2 heterocycles. The van der Waals surface area contributed by atoms with Gasteiger partial charge in [0.25, 0.3) is 0 Å². The van der Waals surface area contributed by atoms with Crippen LogP contribution in [0.1, 0.15) is 40.9 Å². The number of carbonyl (C=O) groups is 1. The van der Waals surface area contributed by atoms with Gasteiger partial charge < -0.3 is 15.5 Å². The molecule has 7 nitrogen and oxygen atoms in total. The van der Waals surface area contributed by atoms with Crippen molar-refractivity contribution in [1.29, 1.82) is 0 Å². The van der Waals surface area contributed by atoms with E-state index in [-0.39, 0.29) is 29.9 Å². The van der Waals surface area contributed by atoms with E-state index in [1.807, 2.05) is 35.7 Å². The number of aryl methyl sites for hydroxylation is 2. The van der Waals surface area contributed by atoms with Crippen molar-refractivity contribution in [3.8, 4) is 0 Å². The van der Waals surface area contributed by atoms with Crippen LogP contribution in [0.2, 0.25) is 0 Å². The van der Waals surface area contributed by atoms with Gasteiger partial charge in [-0.15, -0.1) is 24.0 Å². The molecular weight excluding hydrogens is 479 g/mol. The molecule has 158 valence electrons. The fourth-order valence-electron chi connectivity index (χ4n) is 3.61. The van der Waals surface area contributed by atoms with Crippen molar-refractivity contribution in [2.45, 2.75) is 46.3 Å². The third kappa shape index (κ3) is 5.71. The Labute approximate surface area is 190 Å². The Kier molecular flexibility index (Phi) is 8.48. The first kappa shape index (κ1) is 23.2. The molecule has 0 atom stereocenters. The van der Waals surface area contributed by atoms with E-state index in [9.17, 15) is 4.79 Å². The normalized spacial score (nSPS) is 14.1. The van der Waals surface area contributed by atoms with E-state index in [2.05, 4.69) is 39.8 Å². The first-order valence-electron chi connectivity index (χ1n) is 9.77. The fraction of sp³-hybridized carbons (Fsp3) is 0.476. The van der Waals surface area contributed by atoms with Crippen LogP contribution in [0, 0.1) is 13.8 Å². The lowest BCUT2D eigenvalue weighted by molar-refractivity contribution is -0.128. The molecule has 1 saturated heterocycles. The Balaban J connectivity index is 0.00000300. The molecule has 2 aromatic rings. The number of nitrogens with zero attached hydrogens (tertiary/aromatic N) is 4. The molecular formula is C21H31IN6O. The molecule has 0 spiro atoms. The first-order valence-corrected chi connectivity index (χ1v) is 9.77. The van der Waals surface area contributed by atoms with Crippen molar-refractivity contribution >= 4 is 35.8 Å². The maximum absolute atomic E-state index is 12.0. The van der Waals surface area contributed by atoms with Crippen molar-refractivity contribution in [3.05, 3.63) is 52.3 Å². The van der Waals surface area contributed by atoms with Gasteiger partial charge in [0.15, 0.2) is 5.96 Å². The van der Waals surface area contributed by atoms with E-state index in [1.54, 1.807) is 7.05 Å². The number of nitrogens with one attached hydrogen (secondary N) is 2. The summed E-state index contributed by atoms with van der Waals surface area (Å²) in [7, 11) is 3.73. The number of amides is 1. The number of halogens is 1. The molecule has 2 N–H and O–H groups in total. The summed E-state index contributed by atoms with van der Waals surface area (Å²) in [5.74, 6) is 0.997. The van der Waals surface area contributed by atoms with Gasteiger partial charge in [0.1, 0.15) is 0 Å². The van der Waals surface area contributed by atoms with Crippen molar-refractivity contribution in [1.82, 2.24) is 25.3 Å². The zero-order chi connectivity index (χ0) is 20.1. The summed E-state index contributed by atoms with van der Waals surface area (Å²) < 4.78 is 1.90. The van der Waals surface area contributed by atoms with Crippen LogP contribution in [0.4, 0.5) is 0 Å². The van der Waals surface area contributed by atoms with E-state index in [0.717, 1.165) is 30.3 Å². The Hall–Kier alpha value is -2.10. The van der Waals surface area contributed by atoms with E-state index in [1.165, 1.54) is 16.7 Å². The fourth-order valence-corrected chi connectivity index (χ4v) is 3.61. The number of likely N-dealkylation sites (tertiary alicyclic amines) is 1. The average molecular weight is 510 g/mol. The van der Waals surface area contributed by atoms with E-state index in [0.29, 0.717) is 26.1 Å². The van der Waals surface area contributed by atoms with Gasteiger partial charge in [-0.25, -0.2) is 0 Å². The predicted octanol–water partition coefficient (Wildman–Crippen LogP) is 2.64. The van der Waals surface area contributed by atoms with Crippen LogP contribution in [-0.2, 0) is 31.5 Å². The molecule has 29 heavy (non-hydrogen) atoms. The maximum Gasteiger partial charge on any atom is 0.222 e. The van der Waals surface area contributed by atoms with Gasteiger partial charge in [-0.2, -0.15) is 5.10 Å². The largest absolute Gasteiger partial charge is 0.352 e. The second-order valence-electron chi connectivity index (χ2n) is 7.24. The van der Waals surface area contributed by atoms with Crippen molar-refractivity contribution in [3.63, 3.8) is 0 Å². The van der Waals surface area contributed by atoms with E-state index in [4.69, 9.17) is 0 Å². The molecule has 1 amide bonds. The highest BCUT2D eigenvalue weighted by molar-refractivity contribution is 14.0. The lowest BCUT2D eigenvalue weighted by atomic mass is 10.1. The molecule has 1 aromatic heterocycles. The number of aliphatic imine (C=N–C) groups is 1. The highest BCUT2D eigenvalue weighted by Gasteiger charge is 2.20. The zero-order valence-corrected chi connectivity index (χ0v) is 20.0. The zero-order valence-electron chi connectivity index (χ0n) is 17.7. The number of hydrogen-bond donors (Lipinski definition) is 2. The molecule has 1 aromatic carbocycles. The summed E-state index contributed by atoms with van der Waals surface area (Å²) in [4.78, 5) is 18.2. The minimum Gasteiger partial charge on any atom is -0.352 e. The van der Waals surface area contributed by atoms with Gasteiger partial charge in [0, 0.05) is 58.0 Å². The van der Waals surface area contributed by atoms with Gasteiger partial charge in [-0.05, 0) is 31.4 Å². The van der Waals surface area contributed by atoms with Crippen molar-refractivity contribution < 1.29 is 4.79 Å². The lowest BCUT2D eigenvalue weighted by Crippen LogP contribution is -2.37. The number of hydrogen-bond acceptors (Lipinski definition) is 3. The second kappa shape index (κ2) is 10.6. The number of rotatable bonds is 6. The molecule has 0 saturated carbocycles. The summed E-state index contributed by atoms with van der Waals surface area (Å²) in [5, 5.41) is 11.2. The summed E-state index contributed by atoms with van der Waals surface area (Å²) >= 11 is 0. The molecule has 0 bridgehead atoms. The lowest BCUT2D eigenvalue weighted by Gasteiger charge is -2.19. The summed E-state index contributed by atoms with van der Waals surface area (Å²) in [6.07, 6.45) is 1.63. The Bertz CT molecular complexity index is 876. The topological polar surface area (TPSA) is 74.6 Å². The van der Waals surface area contributed by atoms with Crippen LogP contribution in [0.5, 0.6) is 0 Å². The monoisotopic (exact) mass is 510 g/mol. The SMILES string of the molecule is CN=C(NCc1ccccc1CN1CCCC1=O)NCc1c(C)nn(C)c1C.I. The maximum atomic E-state index is 12.0. The molecule has 8 heteroatoms. The smallest absolute Gasteiger partial charge is 0.222 e. The number of benzene rings is 1. The van der Waals surface area contributed by atoms with Gasteiger partial charge in [0.2, 0.25) is 5.91 Å². The third-order valence-corrected chi connectivity index (χ3v) is 5.41. The van der Waals surface area contributed by atoms with E-state index >= 15 is 0 Å². The summed E-state index contributed by atoms with van der Waals surface area (Å²) in [5.41, 5.74) is 5.74. The Morgan fingerprint density at radius 2 is 1.86 bits per heavy atom. The third-order valence-electron chi connectivity index (χ3n) is 5.41. The predicted molar refractivity (Wildman–Crippen MR) is 126 cm³/mol. The molecule has 3 rings (SSSR count). The van der Waals surface area contributed by atoms with Gasteiger partial charge in [-0.3, -0.25) is 14.5 Å². The average Bonchev–Trinajstić information content (AvgIpc) is 3.19. The molecule has 0 radical (unpaired) electrons. The van der Waals surface area contributed by atoms with Crippen LogP contribution < -0.4 is 10.6 Å². The van der Waals surface area contributed by atoms with Crippen molar-refractivity contribution in [2.24, 2.45) is 12.0 Å². The standard InChI is InChI=1S/C21H30N6O.HI/c1-15-19(16(2)26(4)25-15)13-24-21(22-3)23-12-17-8-5-6-9-18(17)14-27-11-7-10-20(27)28;/h5-6,8-9H,7,10-14H2,1-4H3,(H2,22,23,24);1H. The van der Waals surface area contributed by atoms with Crippen LogP contribution in [0.25, 0.3) is 0 Å². The molecule has 1 fully saturated rings. The minimum absolute atomic E-state index is 0. The molecule has 1 aliphatic heterocycles. The summed E-state index contributed by atoms with van der Waals surface area (Å²) in [6, 6.07) is 8.26. The van der Waals surface area contributed by atoms with Crippen LogP contribution in [0.3, 0.4) is 0 Å². The van der Waals surface area contributed by atoms with Gasteiger partial charge in [-0.1, -0.05) is 24.3 Å². The number of carbonyl (C=O) groups excluding carboxylic acids is 1. The van der Waals surface area contributed by atoms with Crippen LogP contribution in [-0.4, -0.2) is 40.1 Å².